The minimum absolute atomic E-state index is 0.0718. The lowest BCUT2D eigenvalue weighted by Crippen LogP contribution is -2.26. The maximum Gasteiger partial charge on any atom is 0.235 e. The fraction of sp³-hybridized carbons (Fsp3) is 0.455. The van der Waals surface area contributed by atoms with Crippen LogP contribution in [0, 0.1) is 0 Å². The van der Waals surface area contributed by atoms with E-state index in [4.69, 9.17) is 22.1 Å². The molecule has 1 fully saturated rings. The SMILES string of the molecule is Nc1cccc(Cl)c1NS(=O)(=O)CC1CCCO1. The van der Waals surface area contributed by atoms with Crippen LogP contribution in [0.5, 0.6) is 0 Å². The van der Waals surface area contributed by atoms with Crippen molar-refractivity contribution in [2.75, 3.05) is 22.8 Å². The first-order chi connectivity index (χ1) is 8.48. The van der Waals surface area contributed by atoms with E-state index >= 15 is 0 Å². The van der Waals surface area contributed by atoms with Crippen molar-refractivity contribution in [2.45, 2.75) is 18.9 Å². The highest BCUT2D eigenvalue weighted by Crippen LogP contribution is 2.29. The zero-order valence-corrected chi connectivity index (χ0v) is 11.3. The second-order valence-corrected chi connectivity index (χ2v) is 6.40. The van der Waals surface area contributed by atoms with Crippen LogP contribution < -0.4 is 10.5 Å². The monoisotopic (exact) mass is 290 g/mol. The first-order valence-electron chi connectivity index (χ1n) is 5.64. The van der Waals surface area contributed by atoms with Gasteiger partial charge >= 0.3 is 0 Å². The Morgan fingerprint density at radius 1 is 1.50 bits per heavy atom. The molecule has 0 amide bonds. The molecule has 1 atom stereocenters. The Labute approximate surface area is 111 Å². The highest BCUT2D eigenvalue weighted by molar-refractivity contribution is 7.92. The number of ether oxygens (including phenoxy) is 1. The Hall–Kier alpha value is -0.980. The Kier molecular flexibility index (Phi) is 3.99. The lowest BCUT2D eigenvalue weighted by molar-refractivity contribution is 0.127. The molecule has 7 heteroatoms. The van der Waals surface area contributed by atoms with E-state index < -0.39 is 10.0 Å². The van der Waals surface area contributed by atoms with E-state index in [1.165, 1.54) is 0 Å². The fourth-order valence-corrected chi connectivity index (χ4v) is 3.53. The van der Waals surface area contributed by atoms with Gasteiger partial charge in [0.1, 0.15) is 0 Å². The van der Waals surface area contributed by atoms with Crippen LogP contribution in [0.2, 0.25) is 5.02 Å². The number of halogens is 1. The standard InChI is InChI=1S/C11H15ClN2O3S/c12-9-4-1-5-10(13)11(9)14-18(15,16)7-8-3-2-6-17-8/h1,4-5,8,14H,2-3,6-7,13H2. The zero-order valence-electron chi connectivity index (χ0n) is 9.73. The third-order valence-electron chi connectivity index (χ3n) is 2.73. The van der Waals surface area contributed by atoms with Crippen LogP contribution in [0.25, 0.3) is 0 Å². The van der Waals surface area contributed by atoms with Gasteiger partial charge in [-0.3, -0.25) is 4.72 Å². The first kappa shape index (κ1) is 13.5. The largest absolute Gasteiger partial charge is 0.397 e. The molecule has 100 valence electrons. The number of hydrogen-bond acceptors (Lipinski definition) is 4. The summed E-state index contributed by atoms with van der Waals surface area (Å²) in [4.78, 5) is 0. The number of nitrogens with one attached hydrogen (secondary N) is 1. The average molecular weight is 291 g/mol. The van der Waals surface area contributed by atoms with Crippen molar-refractivity contribution in [3.63, 3.8) is 0 Å². The molecule has 0 radical (unpaired) electrons. The Bertz CT molecular complexity index is 507. The summed E-state index contributed by atoms with van der Waals surface area (Å²) in [5.74, 6) is -0.0718. The summed E-state index contributed by atoms with van der Waals surface area (Å²) in [5, 5.41) is 0.283. The number of nitrogens with two attached hydrogens (primary N) is 1. The minimum Gasteiger partial charge on any atom is -0.397 e. The van der Waals surface area contributed by atoms with Crippen LogP contribution in [0.4, 0.5) is 11.4 Å². The predicted octanol–water partition coefficient (Wildman–Crippen LogP) is 1.84. The maximum atomic E-state index is 12.0. The molecule has 0 spiro atoms. The molecule has 1 heterocycles. The molecular weight excluding hydrogens is 276 g/mol. The van der Waals surface area contributed by atoms with Crippen LogP contribution in [0.3, 0.4) is 0 Å². The number of nitrogen functional groups attached to an aromatic ring is 1. The molecule has 1 aliphatic rings. The van der Waals surface area contributed by atoms with Crippen molar-refractivity contribution < 1.29 is 13.2 Å². The summed E-state index contributed by atoms with van der Waals surface area (Å²) in [6.45, 7) is 0.619. The highest BCUT2D eigenvalue weighted by Gasteiger charge is 2.24. The van der Waals surface area contributed by atoms with Crippen LogP contribution in [0.1, 0.15) is 12.8 Å². The molecule has 1 aromatic carbocycles. The van der Waals surface area contributed by atoms with Crippen LogP contribution >= 0.6 is 11.6 Å². The summed E-state index contributed by atoms with van der Waals surface area (Å²) in [6, 6.07) is 4.84. The molecule has 5 nitrogen and oxygen atoms in total. The van der Waals surface area contributed by atoms with Gasteiger partial charge in [-0.05, 0) is 25.0 Å². The average Bonchev–Trinajstić information content (AvgIpc) is 2.75. The Balaban J connectivity index is 2.12. The summed E-state index contributed by atoms with van der Waals surface area (Å²) in [7, 11) is -3.50. The van der Waals surface area contributed by atoms with Gasteiger partial charge in [0.25, 0.3) is 0 Å². The van der Waals surface area contributed by atoms with Crippen LogP contribution in [0.15, 0.2) is 18.2 Å². The molecule has 3 N–H and O–H groups in total. The number of benzene rings is 1. The van der Waals surface area contributed by atoms with Crippen LogP contribution in [-0.4, -0.2) is 26.9 Å². The van der Waals surface area contributed by atoms with Gasteiger partial charge in [0.15, 0.2) is 0 Å². The number of anilines is 2. The molecule has 2 rings (SSSR count). The molecule has 1 saturated heterocycles. The lowest BCUT2D eigenvalue weighted by atomic mass is 10.3. The van der Waals surface area contributed by atoms with Crippen molar-refractivity contribution in [2.24, 2.45) is 0 Å². The number of rotatable bonds is 4. The van der Waals surface area contributed by atoms with E-state index in [1.54, 1.807) is 18.2 Å². The van der Waals surface area contributed by atoms with Crippen molar-refractivity contribution in [1.82, 2.24) is 0 Å². The molecule has 0 saturated carbocycles. The van der Waals surface area contributed by atoms with E-state index in [0.717, 1.165) is 12.8 Å². The molecule has 0 bridgehead atoms. The van der Waals surface area contributed by atoms with Gasteiger partial charge in [0.2, 0.25) is 10.0 Å². The van der Waals surface area contributed by atoms with Gasteiger partial charge in [0, 0.05) is 6.61 Å². The fourth-order valence-electron chi connectivity index (χ4n) is 1.87. The van der Waals surface area contributed by atoms with Crippen LogP contribution in [-0.2, 0) is 14.8 Å². The van der Waals surface area contributed by atoms with E-state index in [-0.39, 0.29) is 22.6 Å². The Morgan fingerprint density at radius 3 is 2.89 bits per heavy atom. The number of sulfonamides is 1. The third-order valence-corrected chi connectivity index (χ3v) is 4.37. The molecular formula is C11H15ClN2O3S. The van der Waals surface area contributed by atoms with Crippen molar-refractivity contribution >= 4 is 33.0 Å². The summed E-state index contributed by atoms with van der Waals surface area (Å²) >= 11 is 5.91. The number of hydrogen-bond donors (Lipinski definition) is 2. The zero-order chi connectivity index (χ0) is 13.2. The smallest absolute Gasteiger partial charge is 0.235 e. The lowest BCUT2D eigenvalue weighted by Gasteiger charge is -2.14. The van der Waals surface area contributed by atoms with Crippen molar-refractivity contribution in [3.8, 4) is 0 Å². The summed E-state index contributed by atoms with van der Waals surface area (Å²) in [6.07, 6.45) is 1.42. The quantitative estimate of drug-likeness (QED) is 0.829. The summed E-state index contributed by atoms with van der Waals surface area (Å²) in [5.41, 5.74) is 6.23. The van der Waals surface area contributed by atoms with E-state index in [1.807, 2.05) is 0 Å². The summed E-state index contributed by atoms with van der Waals surface area (Å²) < 4.78 is 31.6. The van der Waals surface area contributed by atoms with E-state index in [9.17, 15) is 8.42 Å². The molecule has 1 aliphatic heterocycles. The van der Waals surface area contributed by atoms with Crippen molar-refractivity contribution in [1.29, 1.82) is 0 Å². The number of para-hydroxylation sites is 1. The minimum atomic E-state index is -3.50. The van der Waals surface area contributed by atoms with Gasteiger partial charge in [-0.1, -0.05) is 17.7 Å². The van der Waals surface area contributed by atoms with Gasteiger partial charge in [-0.25, -0.2) is 8.42 Å². The molecule has 1 aromatic rings. The maximum absolute atomic E-state index is 12.0. The molecule has 18 heavy (non-hydrogen) atoms. The predicted molar refractivity (Wildman–Crippen MR) is 72.2 cm³/mol. The second-order valence-electron chi connectivity index (χ2n) is 4.22. The van der Waals surface area contributed by atoms with Gasteiger partial charge in [0.05, 0.1) is 28.3 Å². The topological polar surface area (TPSA) is 81.4 Å². The van der Waals surface area contributed by atoms with Gasteiger partial charge < -0.3 is 10.5 Å². The third kappa shape index (κ3) is 3.28. The molecule has 0 aromatic heterocycles. The molecule has 1 unspecified atom stereocenters. The van der Waals surface area contributed by atoms with Crippen molar-refractivity contribution in [3.05, 3.63) is 23.2 Å². The molecule has 0 aliphatic carbocycles. The first-order valence-corrected chi connectivity index (χ1v) is 7.67. The normalized spacial score (nSPS) is 19.9. The van der Waals surface area contributed by atoms with Gasteiger partial charge in [-0.15, -0.1) is 0 Å². The van der Waals surface area contributed by atoms with E-state index in [0.29, 0.717) is 12.3 Å². The van der Waals surface area contributed by atoms with E-state index in [2.05, 4.69) is 4.72 Å². The van der Waals surface area contributed by atoms with Gasteiger partial charge in [-0.2, -0.15) is 0 Å². The second kappa shape index (κ2) is 5.34. The Morgan fingerprint density at radius 2 is 2.28 bits per heavy atom. The highest BCUT2D eigenvalue weighted by atomic mass is 35.5.